The molecule has 104 valence electrons. The summed E-state index contributed by atoms with van der Waals surface area (Å²) in [7, 11) is -3.32. The highest BCUT2D eigenvalue weighted by molar-refractivity contribution is 9.10. The van der Waals surface area contributed by atoms with Crippen molar-refractivity contribution in [3.8, 4) is 0 Å². The second-order valence-corrected chi connectivity index (χ2v) is 8.28. The molecule has 5 heteroatoms. The molecule has 3 nitrogen and oxygen atoms in total. The summed E-state index contributed by atoms with van der Waals surface area (Å²) < 4.78 is 28.2. The van der Waals surface area contributed by atoms with Gasteiger partial charge in [-0.3, -0.25) is 0 Å². The minimum Gasteiger partial charge on any atom is -0.207 e. The van der Waals surface area contributed by atoms with E-state index in [-0.39, 0.29) is 6.04 Å². The van der Waals surface area contributed by atoms with E-state index < -0.39 is 10.0 Å². The number of rotatable bonds is 2. The van der Waals surface area contributed by atoms with Gasteiger partial charge in [-0.25, -0.2) is 8.42 Å². The molecule has 2 atom stereocenters. The van der Waals surface area contributed by atoms with Crippen molar-refractivity contribution in [2.24, 2.45) is 5.92 Å². The smallest absolute Gasteiger partial charge is 0.207 e. The summed E-state index contributed by atoms with van der Waals surface area (Å²) in [5.74, 6) is 0.582. The average Bonchev–Trinajstić information content (AvgIpc) is 2.87. The number of halogens is 1. The van der Waals surface area contributed by atoms with Gasteiger partial charge in [-0.15, -0.1) is 0 Å². The monoisotopic (exact) mass is 343 g/mol. The quantitative estimate of drug-likeness (QED) is 0.825. The van der Waals surface area contributed by atoms with Crippen molar-refractivity contribution in [1.29, 1.82) is 0 Å². The lowest BCUT2D eigenvalue weighted by Gasteiger charge is -2.36. The number of fused-ring (bicyclic) bond motifs is 1. The Balaban J connectivity index is 1.93. The van der Waals surface area contributed by atoms with Crippen LogP contribution in [0.15, 0.2) is 33.6 Å². The van der Waals surface area contributed by atoms with Crippen LogP contribution in [0.5, 0.6) is 0 Å². The lowest BCUT2D eigenvalue weighted by molar-refractivity contribution is 0.202. The van der Waals surface area contributed by atoms with Crippen molar-refractivity contribution >= 4 is 26.0 Å². The van der Waals surface area contributed by atoms with Crippen molar-refractivity contribution in [1.82, 2.24) is 4.31 Å². The van der Waals surface area contributed by atoms with Crippen LogP contribution >= 0.6 is 15.9 Å². The van der Waals surface area contributed by atoms with Crippen LogP contribution in [-0.2, 0) is 10.0 Å². The molecule has 1 heterocycles. The number of hydrogen-bond donors (Lipinski definition) is 0. The highest BCUT2D eigenvalue weighted by atomic mass is 79.9. The minimum absolute atomic E-state index is 0.238. The van der Waals surface area contributed by atoms with E-state index in [0.717, 1.165) is 17.3 Å². The highest BCUT2D eigenvalue weighted by Gasteiger charge is 2.41. The molecule has 0 bridgehead atoms. The molecular formula is C14H18BrNO2S. The van der Waals surface area contributed by atoms with E-state index in [9.17, 15) is 8.42 Å². The summed E-state index contributed by atoms with van der Waals surface area (Å²) in [6, 6.07) is 7.21. The fourth-order valence-corrected chi connectivity index (χ4v) is 5.47. The van der Waals surface area contributed by atoms with Gasteiger partial charge in [0.15, 0.2) is 0 Å². The first-order valence-electron chi connectivity index (χ1n) is 6.86. The second-order valence-electron chi connectivity index (χ2n) is 5.47. The average molecular weight is 344 g/mol. The van der Waals surface area contributed by atoms with Crippen LogP contribution in [0.2, 0.25) is 0 Å². The fraction of sp³-hybridized carbons (Fsp3) is 0.571. The van der Waals surface area contributed by atoms with Crippen LogP contribution in [0.1, 0.15) is 32.1 Å². The molecule has 1 aromatic carbocycles. The first-order valence-corrected chi connectivity index (χ1v) is 9.10. The molecule has 1 aliphatic heterocycles. The van der Waals surface area contributed by atoms with Gasteiger partial charge in [0, 0.05) is 17.1 Å². The Labute approximate surface area is 123 Å². The van der Waals surface area contributed by atoms with E-state index in [2.05, 4.69) is 15.9 Å². The molecule has 19 heavy (non-hydrogen) atoms. The Kier molecular flexibility index (Phi) is 3.71. The lowest BCUT2D eigenvalue weighted by atomic mass is 9.94. The molecule has 1 aliphatic carbocycles. The van der Waals surface area contributed by atoms with E-state index in [4.69, 9.17) is 0 Å². The van der Waals surface area contributed by atoms with Crippen molar-refractivity contribution in [2.75, 3.05) is 6.54 Å². The summed E-state index contributed by atoms with van der Waals surface area (Å²) in [5, 5.41) is 0. The van der Waals surface area contributed by atoms with Crippen molar-refractivity contribution in [3.05, 3.63) is 28.7 Å². The number of sulfonamides is 1. The van der Waals surface area contributed by atoms with Gasteiger partial charge in [-0.2, -0.15) is 4.31 Å². The van der Waals surface area contributed by atoms with Crippen LogP contribution in [0.25, 0.3) is 0 Å². The molecule has 1 saturated carbocycles. The summed E-state index contributed by atoms with van der Waals surface area (Å²) in [6.07, 6.45) is 5.58. The number of nitrogens with zero attached hydrogens (tertiary/aromatic N) is 1. The molecule has 0 radical (unpaired) electrons. The predicted molar refractivity (Wildman–Crippen MR) is 78.4 cm³/mol. The molecule has 1 saturated heterocycles. The molecule has 2 unspecified atom stereocenters. The first-order chi connectivity index (χ1) is 9.09. The lowest BCUT2D eigenvalue weighted by Crippen LogP contribution is -2.46. The summed E-state index contributed by atoms with van der Waals surface area (Å²) in [5.41, 5.74) is 0. The maximum Gasteiger partial charge on any atom is 0.243 e. The third kappa shape index (κ3) is 2.48. The number of piperidine rings is 1. The fourth-order valence-electron chi connectivity index (χ4n) is 3.45. The normalized spacial score (nSPS) is 28.3. The predicted octanol–water partition coefficient (Wildman–Crippen LogP) is 3.40. The van der Waals surface area contributed by atoms with Crippen LogP contribution in [0.4, 0.5) is 0 Å². The Morgan fingerprint density at radius 3 is 2.47 bits per heavy atom. The van der Waals surface area contributed by atoms with E-state index in [0.29, 0.717) is 17.4 Å². The number of benzene rings is 1. The summed E-state index contributed by atoms with van der Waals surface area (Å²) >= 11 is 3.34. The van der Waals surface area contributed by atoms with Gasteiger partial charge in [-0.1, -0.05) is 22.4 Å². The van der Waals surface area contributed by atoms with Crippen LogP contribution in [0, 0.1) is 5.92 Å². The molecule has 0 amide bonds. The highest BCUT2D eigenvalue weighted by Crippen LogP contribution is 2.39. The Bertz CT molecular complexity index is 555. The SMILES string of the molecule is O=S(=O)(c1ccc(Br)cc1)N1CCCC2CCCC21. The zero-order valence-corrected chi connectivity index (χ0v) is 13.2. The number of hydrogen-bond acceptors (Lipinski definition) is 2. The topological polar surface area (TPSA) is 37.4 Å². The van der Waals surface area contributed by atoms with Crippen molar-refractivity contribution in [2.45, 2.75) is 43.0 Å². The molecule has 1 aromatic rings. The van der Waals surface area contributed by atoms with E-state index in [1.165, 1.54) is 19.3 Å². The van der Waals surface area contributed by atoms with Gasteiger partial charge in [0.25, 0.3) is 0 Å². The molecular weight excluding hydrogens is 326 g/mol. The Hall–Kier alpha value is -0.390. The molecule has 0 aromatic heterocycles. The summed E-state index contributed by atoms with van der Waals surface area (Å²) in [4.78, 5) is 0.420. The van der Waals surface area contributed by atoms with Gasteiger partial charge in [-0.05, 0) is 55.9 Å². The zero-order chi connectivity index (χ0) is 13.5. The first kappa shape index (κ1) is 13.6. The van der Waals surface area contributed by atoms with Gasteiger partial charge in [0.1, 0.15) is 0 Å². The largest absolute Gasteiger partial charge is 0.243 e. The molecule has 2 fully saturated rings. The van der Waals surface area contributed by atoms with Crippen molar-refractivity contribution in [3.63, 3.8) is 0 Å². The summed E-state index contributed by atoms with van der Waals surface area (Å²) in [6.45, 7) is 0.680. The maximum absolute atomic E-state index is 12.8. The van der Waals surface area contributed by atoms with Gasteiger partial charge < -0.3 is 0 Å². The van der Waals surface area contributed by atoms with Crippen molar-refractivity contribution < 1.29 is 8.42 Å². The Morgan fingerprint density at radius 2 is 1.74 bits per heavy atom. The van der Waals surface area contributed by atoms with Gasteiger partial charge in [0.2, 0.25) is 10.0 Å². The standard InChI is InChI=1S/C14H18BrNO2S/c15-12-6-8-13(9-7-12)19(17,18)16-10-2-4-11-3-1-5-14(11)16/h6-9,11,14H,1-5,10H2. The van der Waals surface area contributed by atoms with E-state index in [1.807, 2.05) is 0 Å². The molecule has 0 spiro atoms. The van der Waals surface area contributed by atoms with Crippen LogP contribution in [-0.4, -0.2) is 25.3 Å². The Morgan fingerprint density at radius 1 is 1.05 bits per heavy atom. The zero-order valence-electron chi connectivity index (χ0n) is 10.8. The maximum atomic E-state index is 12.8. The van der Waals surface area contributed by atoms with E-state index in [1.54, 1.807) is 28.6 Å². The van der Waals surface area contributed by atoms with E-state index >= 15 is 0 Å². The molecule has 2 aliphatic rings. The van der Waals surface area contributed by atoms with Gasteiger partial charge >= 0.3 is 0 Å². The van der Waals surface area contributed by atoms with Crippen LogP contribution < -0.4 is 0 Å². The molecule has 0 N–H and O–H groups in total. The molecule has 3 rings (SSSR count). The minimum atomic E-state index is -3.32. The second kappa shape index (κ2) is 5.19. The third-order valence-corrected chi connectivity index (χ3v) is 6.83. The van der Waals surface area contributed by atoms with Gasteiger partial charge in [0.05, 0.1) is 4.90 Å². The third-order valence-electron chi connectivity index (χ3n) is 4.36. The van der Waals surface area contributed by atoms with Crippen LogP contribution in [0.3, 0.4) is 0 Å².